The first-order valence-corrected chi connectivity index (χ1v) is 12.5. The van der Waals surface area contributed by atoms with Gasteiger partial charge in [0.2, 0.25) is 0 Å². The lowest BCUT2D eigenvalue weighted by molar-refractivity contribution is -0.122. The van der Waals surface area contributed by atoms with E-state index in [4.69, 9.17) is 4.74 Å². The van der Waals surface area contributed by atoms with Crippen LogP contribution in [-0.4, -0.2) is 50.4 Å². The quantitative estimate of drug-likeness (QED) is 0.624. The SMILES string of the molecule is COC12C[C@@H](CS(=O)(=O)c3ccc(C)cc3)CN(C)[C@@H]1Cc1cn(C)c3cccc2c13. The number of aromatic nitrogens is 1. The Morgan fingerprint density at radius 1 is 1.13 bits per heavy atom. The van der Waals surface area contributed by atoms with Crippen LogP contribution in [0, 0.1) is 12.8 Å². The Bertz CT molecular complexity index is 1250. The number of ether oxygens (including phenoxy) is 1. The number of methoxy groups -OCH3 is 1. The van der Waals surface area contributed by atoms with E-state index >= 15 is 0 Å². The maximum absolute atomic E-state index is 13.2. The molecule has 0 bridgehead atoms. The van der Waals surface area contributed by atoms with Crippen LogP contribution >= 0.6 is 0 Å². The molecule has 1 fully saturated rings. The average molecular weight is 439 g/mol. The van der Waals surface area contributed by atoms with E-state index in [-0.39, 0.29) is 17.7 Å². The van der Waals surface area contributed by atoms with Gasteiger partial charge in [0.05, 0.1) is 10.6 Å². The number of hydrogen-bond donors (Lipinski definition) is 0. The van der Waals surface area contributed by atoms with Gasteiger partial charge >= 0.3 is 0 Å². The van der Waals surface area contributed by atoms with Gasteiger partial charge in [0.1, 0.15) is 5.60 Å². The number of hydrogen-bond acceptors (Lipinski definition) is 4. The molecule has 31 heavy (non-hydrogen) atoms. The predicted octanol–water partition coefficient (Wildman–Crippen LogP) is 3.68. The highest BCUT2D eigenvalue weighted by Gasteiger charge is 2.52. The number of rotatable bonds is 4. The zero-order valence-electron chi connectivity index (χ0n) is 18.6. The van der Waals surface area contributed by atoms with Gasteiger partial charge in [-0.3, -0.25) is 4.90 Å². The topological polar surface area (TPSA) is 51.5 Å². The van der Waals surface area contributed by atoms with Crippen molar-refractivity contribution in [3.63, 3.8) is 0 Å². The van der Waals surface area contributed by atoms with Crippen molar-refractivity contribution in [2.75, 3.05) is 26.5 Å². The van der Waals surface area contributed by atoms with Crippen LogP contribution in [0.1, 0.15) is 23.1 Å². The molecule has 0 N–H and O–H groups in total. The number of likely N-dealkylation sites (tertiary alicyclic amines) is 1. The molecule has 6 heteroatoms. The van der Waals surface area contributed by atoms with Crippen LogP contribution in [0.3, 0.4) is 0 Å². The molecule has 0 amide bonds. The van der Waals surface area contributed by atoms with Gasteiger partial charge in [-0.2, -0.15) is 0 Å². The fraction of sp³-hybridized carbons (Fsp3) is 0.440. The normalized spacial score (nSPS) is 26.2. The molecule has 0 spiro atoms. The summed E-state index contributed by atoms with van der Waals surface area (Å²) in [6.07, 6.45) is 3.85. The summed E-state index contributed by atoms with van der Waals surface area (Å²) in [5.74, 6) is 0.128. The van der Waals surface area contributed by atoms with E-state index in [0.717, 1.165) is 18.5 Å². The lowest BCUT2D eigenvalue weighted by Crippen LogP contribution is -2.60. The fourth-order valence-electron chi connectivity index (χ4n) is 5.98. The van der Waals surface area contributed by atoms with E-state index in [9.17, 15) is 8.42 Å². The number of aryl methyl sites for hydroxylation is 2. The van der Waals surface area contributed by atoms with Gasteiger partial charge in [0, 0.05) is 43.8 Å². The number of fused-ring (bicyclic) bond motifs is 2. The molecule has 2 aromatic carbocycles. The summed E-state index contributed by atoms with van der Waals surface area (Å²) in [6, 6.07) is 13.8. The van der Waals surface area contributed by atoms with Gasteiger partial charge in [-0.05, 0) is 62.1 Å². The standard InChI is InChI=1S/C25H30N2O3S/c1-17-8-10-20(11-9-17)31(28,29)16-18-13-25(30-4)21-6-5-7-22-24(21)19(15-26(22)2)12-23(25)27(3)14-18/h5-11,15,18,23H,12-14,16H2,1-4H3/t18-,23-,25?/m1/s1. The first-order chi connectivity index (χ1) is 14.7. The molecule has 1 unspecified atom stereocenters. The van der Waals surface area contributed by atoms with Crippen molar-refractivity contribution in [3.05, 3.63) is 65.4 Å². The first-order valence-electron chi connectivity index (χ1n) is 10.9. The summed E-state index contributed by atoms with van der Waals surface area (Å²) in [7, 11) is 2.61. The molecule has 164 valence electrons. The molecule has 1 aliphatic carbocycles. The van der Waals surface area contributed by atoms with Crippen LogP contribution in [0.2, 0.25) is 0 Å². The Labute approximate surface area is 184 Å². The molecular formula is C25H30N2O3S. The Hall–Kier alpha value is -2.15. The highest BCUT2D eigenvalue weighted by atomic mass is 32.2. The zero-order valence-corrected chi connectivity index (χ0v) is 19.4. The monoisotopic (exact) mass is 438 g/mol. The molecular weight excluding hydrogens is 408 g/mol. The van der Waals surface area contributed by atoms with Gasteiger partial charge in [-0.1, -0.05) is 29.8 Å². The molecule has 3 aromatic rings. The number of nitrogens with zero attached hydrogens (tertiary/aromatic N) is 2. The maximum Gasteiger partial charge on any atom is 0.178 e. The number of benzene rings is 2. The second-order valence-corrected chi connectivity index (χ2v) is 11.4. The zero-order chi connectivity index (χ0) is 22.0. The number of likely N-dealkylation sites (N-methyl/N-ethyl adjacent to an activating group) is 1. The molecule has 2 aliphatic rings. The minimum absolute atomic E-state index is 0.00646. The molecule has 0 saturated carbocycles. The van der Waals surface area contributed by atoms with Crippen molar-refractivity contribution < 1.29 is 13.2 Å². The molecule has 1 aromatic heterocycles. The summed E-state index contributed by atoms with van der Waals surface area (Å²) in [5.41, 5.74) is 4.31. The summed E-state index contributed by atoms with van der Waals surface area (Å²) < 4.78 is 34.9. The third kappa shape index (κ3) is 3.15. The number of sulfone groups is 1. The summed E-state index contributed by atoms with van der Waals surface area (Å²) >= 11 is 0. The summed E-state index contributed by atoms with van der Waals surface area (Å²) in [4.78, 5) is 2.72. The molecule has 1 aliphatic heterocycles. The van der Waals surface area contributed by atoms with Crippen LogP contribution in [0.25, 0.3) is 10.9 Å². The van der Waals surface area contributed by atoms with Crippen molar-refractivity contribution in [2.45, 2.75) is 36.3 Å². The molecule has 5 nitrogen and oxygen atoms in total. The largest absolute Gasteiger partial charge is 0.372 e. The van der Waals surface area contributed by atoms with Crippen molar-refractivity contribution in [1.29, 1.82) is 0 Å². The highest BCUT2D eigenvalue weighted by Crippen LogP contribution is 2.50. The Kier molecular flexibility index (Phi) is 4.81. The number of piperidine rings is 1. The average Bonchev–Trinajstić information content (AvgIpc) is 3.06. The molecule has 2 heterocycles. The second-order valence-electron chi connectivity index (χ2n) is 9.38. The van der Waals surface area contributed by atoms with Crippen molar-refractivity contribution >= 4 is 20.7 Å². The Balaban J connectivity index is 1.55. The third-order valence-electron chi connectivity index (χ3n) is 7.37. The lowest BCUT2D eigenvalue weighted by Gasteiger charge is -2.53. The Morgan fingerprint density at radius 2 is 1.87 bits per heavy atom. The highest BCUT2D eigenvalue weighted by molar-refractivity contribution is 7.91. The van der Waals surface area contributed by atoms with Crippen molar-refractivity contribution in [3.8, 4) is 0 Å². The van der Waals surface area contributed by atoms with Gasteiger partial charge in [0.25, 0.3) is 0 Å². The summed E-state index contributed by atoms with van der Waals surface area (Å²) in [6.45, 7) is 2.72. The van der Waals surface area contributed by atoms with Gasteiger partial charge in [0.15, 0.2) is 9.84 Å². The van der Waals surface area contributed by atoms with Crippen LogP contribution in [0.5, 0.6) is 0 Å². The smallest absolute Gasteiger partial charge is 0.178 e. The van der Waals surface area contributed by atoms with Crippen molar-refractivity contribution in [2.24, 2.45) is 13.0 Å². The van der Waals surface area contributed by atoms with E-state index in [2.05, 4.69) is 48.0 Å². The minimum atomic E-state index is -3.37. The van der Waals surface area contributed by atoms with Crippen LogP contribution < -0.4 is 0 Å². The van der Waals surface area contributed by atoms with Gasteiger partial charge in [-0.25, -0.2) is 8.42 Å². The molecule has 1 saturated heterocycles. The van der Waals surface area contributed by atoms with E-state index in [1.807, 2.05) is 19.1 Å². The molecule has 3 atom stereocenters. The van der Waals surface area contributed by atoms with Crippen molar-refractivity contribution in [1.82, 2.24) is 9.47 Å². The van der Waals surface area contributed by atoms with E-state index < -0.39 is 15.4 Å². The van der Waals surface area contributed by atoms with E-state index in [1.165, 1.54) is 22.0 Å². The third-order valence-corrected chi connectivity index (χ3v) is 9.27. The Morgan fingerprint density at radius 3 is 2.58 bits per heavy atom. The van der Waals surface area contributed by atoms with Gasteiger partial charge in [-0.15, -0.1) is 0 Å². The van der Waals surface area contributed by atoms with Crippen LogP contribution in [-0.2, 0) is 33.6 Å². The molecule has 5 rings (SSSR count). The maximum atomic E-state index is 13.2. The second kappa shape index (κ2) is 7.19. The van der Waals surface area contributed by atoms with Crippen LogP contribution in [0.4, 0.5) is 0 Å². The predicted molar refractivity (Wildman–Crippen MR) is 123 cm³/mol. The fourth-order valence-corrected chi connectivity index (χ4v) is 7.57. The summed E-state index contributed by atoms with van der Waals surface area (Å²) in [5, 5.41) is 1.28. The minimum Gasteiger partial charge on any atom is -0.372 e. The van der Waals surface area contributed by atoms with Crippen LogP contribution in [0.15, 0.2) is 53.6 Å². The molecule has 0 radical (unpaired) electrons. The van der Waals surface area contributed by atoms with Gasteiger partial charge < -0.3 is 9.30 Å². The first kappa shape index (κ1) is 20.7. The van der Waals surface area contributed by atoms with E-state index in [1.54, 1.807) is 19.2 Å². The van der Waals surface area contributed by atoms with E-state index in [0.29, 0.717) is 11.3 Å². The lowest BCUT2D eigenvalue weighted by atomic mass is 9.69.